The van der Waals surface area contributed by atoms with Crippen molar-refractivity contribution in [2.45, 2.75) is 12.3 Å². The zero-order valence-electron chi connectivity index (χ0n) is 10.7. The number of nitrogens with zero attached hydrogens (tertiary/aromatic N) is 1. The zero-order chi connectivity index (χ0) is 14.4. The van der Waals surface area contributed by atoms with Gasteiger partial charge in [-0.1, -0.05) is 53.5 Å². The molecule has 0 fully saturated rings. The van der Waals surface area contributed by atoms with Crippen molar-refractivity contribution in [2.24, 2.45) is 0 Å². The highest BCUT2D eigenvalue weighted by molar-refractivity contribution is 6.32. The maximum atomic E-state index is 9.27. The fourth-order valence-corrected chi connectivity index (χ4v) is 2.35. The summed E-state index contributed by atoms with van der Waals surface area (Å²) in [5.74, 6) is 0.344. The molecule has 0 aliphatic rings. The molecule has 102 valence electrons. The van der Waals surface area contributed by atoms with E-state index in [0.717, 1.165) is 5.56 Å². The Hall–Kier alpha value is -1.69. The van der Waals surface area contributed by atoms with Crippen LogP contribution < -0.4 is 4.74 Å². The van der Waals surface area contributed by atoms with Crippen LogP contribution in [-0.4, -0.2) is 6.61 Å². The molecule has 0 spiro atoms. The Bertz CT molecular complexity index is 622. The number of nitriles is 1. The van der Waals surface area contributed by atoms with Gasteiger partial charge in [0.1, 0.15) is 5.75 Å². The van der Waals surface area contributed by atoms with E-state index in [1.54, 1.807) is 18.2 Å². The molecule has 2 nitrogen and oxygen atoms in total. The van der Waals surface area contributed by atoms with Gasteiger partial charge in [0.05, 0.1) is 23.6 Å². The van der Waals surface area contributed by atoms with Crippen LogP contribution in [0.2, 0.25) is 10.0 Å². The molecule has 0 N–H and O–H groups in total. The van der Waals surface area contributed by atoms with E-state index in [9.17, 15) is 5.26 Å². The van der Waals surface area contributed by atoms with Gasteiger partial charge in [-0.2, -0.15) is 5.26 Å². The standard InChI is InChI=1S/C16H13Cl2NO/c17-14-6-2-1-5-13(14)12(11-19)9-10-20-16-8-4-3-7-15(16)18/h1-8,12H,9-10H2. The number of hydrogen-bond acceptors (Lipinski definition) is 2. The summed E-state index contributed by atoms with van der Waals surface area (Å²) in [5, 5.41) is 10.4. The van der Waals surface area contributed by atoms with E-state index in [1.807, 2.05) is 30.3 Å². The molecular weight excluding hydrogens is 293 g/mol. The van der Waals surface area contributed by atoms with Crippen molar-refractivity contribution in [1.29, 1.82) is 5.26 Å². The van der Waals surface area contributed by atoms with E-state index < -0.39 is 0 Å². The highest BCUT2D eigenvalue weighted by Crippen LogP contribution is 2.28. The molecule has 0 aliphatic heterocycles. The SMILES string of the molecule is N#CC(CCOc1ccccc1Cl)c1ccccc1Cl. The van der Waals surface area contributed by atoms with Gasteiger partial charge in [-0.15, -0.1) is 0 Å². The minimum Gasteiger partial charge on any atom is -0.492 e. The molecule has 2 aromatic carbocycles. The Labute approximate surface area is 128 Å². The van der Waals surface area contributed by atoms with E-state index >= 15 is 0 Å². The summed E-state index contributed by atoms with van der Waals surface area (Å²) in [6.45, 7) is 0.410. The van der Waals surface area contributed by atoms with Crippen LogP contribution in [0.15, 0.2) is 48.5 Å². The smallest absolute Gasteiger partial charge is 0.137 e. The van der Waals surface area contributed by atoms with Crippen molar-refractivity contribution in [3.05, 3.63) is 64.1 Å². The second-order valence-electron chi connectivity index (χ2n) is 4.27. The third-order valence-electron chi connectivity index (χ3n) is 2.94. The van der Waals surface area contributed by atoms with Gasteiger partial charge in [-0.25, -0.2) is 0 Å². The molecule has 2 rings (SSSR count). The van der Waals surface area contributed by atoms with Crippen LogP contribution in [-0.2, 0) is 0 Å². The van der Waals surface area contributed by atoms with Crippen molar-refractivity contribution >= 4 is 23.2 Å². The molecule has 2 aromatic rings. The molecule has 0 aliphatic carbocycles. The molecular formula is C16H13Cl2NO. The van der Waals surface area contributed by atoms with Crippen LogP contribution in [0.4, 0.5) is 0 Å². The minimum absolute atomic E-state index is 0.286. The Balaban J connectivity index is 1.98. The lowest BCUT2D eigenvalue weighted by Crippen LogP contribution is -2.05. The van der Waals surface area contributed by atoms with E-state index in [2.05, 4.69) is 6.07 Å². The highest BCUT2D eigenvalue weighted by Gasteiger charge is 2.14. The predicted molar refractivity (Wildman–Crippen MR) is 81.4 cm³/mol. The van der Waals surface area contributed by atoms with Crippen LogP contribution in [0.5, 0.6) is 5.75 Å². The lowest BCUT2D eigenvalue weighted by molar-refractivity contribution is 0.306. The molecule has 0 aromatic heterocycles. The van der Waals surface area contributed by atoms with Crippen LogP contribution in [0.25, 0.3) is 0 Å². The topological polar surface area (TPSA) is 33.0 Å². The molecule has 1 atom stereocenters. The summed E-state index contributed by atoms with van der Waals surface area (Å²) >= 11 is 12.1. The van der Waals surface area contributed by atoms with Gasteiger partial charge >= 0.3 is 0 Å². The van der Waals surface area contributed by atoms with E-state index in [4.69, 9.17) is 27.9 Å². The molecule has 0 amide bonds. The Kier molecular flexibility index (Phi) is 5.29. The number of para-hydroxylation sites is 1. The lowest BCUT2D eigenvalue weighted by Gasteiger charge is -2.12. The Morgan fingerprint density at radius 3 is 2.30 bits per heavy atom. The van der Waals surface area contributed by atoms with Crippen molar-refractivity contribution in [1.82, 2.24) is 0 Å². The minimum atomic E-state index is -0.286. The first-order valence-electron chi connectivity index (χ1n) is 6.23. The first kappa shape index (κ1) is 14.7. The summed E-state index contributed by atoms with van der Waals surface area (Å²) in [6.07, 6.45) is 0.561. The van der Waals surface area contributed by atoms with Gasteiger partial charge in [0, 0.05) is 11.4 Å². The summed E-state index contributed by atoms with van der Waals surface area (Å²) in [6, 6.07) is 16.9. The highest BCUT2D eigenvalue weighted by atomic mass is 35.5. The molecule has 0 saturated carbocycles. The van der Waals surface area contributed by atoms with Crippen molar-refractivity contribution in [2.75, 3.05) is 6.61 Å². The van der Waals surface area contributed by atoms with E-state index in [-0.39, 0.29) is 5.92 Å². The molecule has 0 bridgehead atoms. The molecule has 0 radical (unpaired) electrons. The van der Waals surface area contributed by atoms with Crippen LogP contribution in [0.3, 0.4) is 0 Å². The van der Waals surface area contributed by atoms with Crippen molar-refractivity contribution in [3.8, 4) is 11.8 Å². The second-order valence-corrected chi connectivity index (χ2v) is 5.09. The summed E-state index contributed by atoms with van der Waals surface area (Å²) in [5.41, 5.74) is 0.833. The van der Waals surface area contributed by atoms with Crippen molar-refractivity contribution in [3.63, 3.8) is 0 Å². The maximum absolute atomic E-state index is 9.27. The normalized spacial score (nSPS) is 11.7. The first-order valence-corrected chi connectivity index (χ1v) is 6.99. The fourth-order valence-electron chi connectivity index (χ4n) is 1.90. The predicted octanol–water partition coefficient (Wildman–Crippen LogP) is 5.07. The molecule has 1 unspecified atom stereocenters. The molecule has 20 heavy (non-hydrogen) atoms. The van der Waals surface area contributed by atoms with Crippen LogP contribution in [0.1, 0.15) is 17.9 Å². The van der Waals surface area contributed by atoms with Gasteiger partial charge in [0.25, 0.3) is 0 Å². The quantitative estimate of drug-likeness (QED) is 0.772. The number of benzene rings is 2. The van der Waals surface area contributed by atoms with Gasteiger partial charge in [0.2, 0.25) is 0 Å². The second kappa shape index (κ2) is 7.19. The fraction of sp³-hybridized carbons (Fsp3) is 0.188. The van der Waals surface area contributed by atoms with Gasteiger partial charge in [-0.3, -0.25) is 0 Å². The summed E-state index contributed by atoms with van der Waals surface area (Å²) < 4.78 is 5.60. The average molecular weight is 306 g/mol. The largest absolute Gasteiger partial charge is 0.492 e. The van der Waals surface area contributed by atoms with E-state index in [1.165, 1.54) is 0 Å². The third kappa shape index (κ3) is 3.66. The number of rotatable bonds is 5. The van der Waals surface area contributed by atoms with Gasteiger partial charge < -0.3 is 4.74 Å². The monoisotopic (exact) mass is 305 g/mol. The molecule has 0 heterocycles. The number of hydrogen-bond donors (Lipinski definition) is 0. The van der Waals surface area contributed by atoms with Gasteiger partial charge in [0.15, 0.2) is 0 Å². The summed E-state index contributed by atoms with van der Waals surface area (Å²) in [4.78, 5) is 0. The number of ether oxygens (including phenoxy) is 1. The third-order valence-corrected chi connectivity index (χ3v) is 3.59. The Morgan fingerprint density at radius 2 is 1.65 bits per heavy atom. The summed E-state index contributed by atoms with van der Waals surface area (Å²) in [7, 11) is 0. The Morgan fingerprint density at radius 1 is 1.00 bits per heavy atom. The van der Waals surface area contributed by atoms with Crippen LogP contribution in [0, 0.1) is 11.3 Å². The first-order chi connectivity index (χ1) is 9.72. The molecule has 4 heteroatoms. The lowest BCUT2D eigenvalue weighted by atomic mass is 9.98. The van der Waals surface area contributed by atoms with Crippen molar-refractivity contribution < 1.29 is 4.74 Å². The van der Waals surface area contributed by atoms with Gasteiger partial charge in [-0.05, 0) is 23.8 Å². The van der Waals surface area contributed by atoms with E-state index in [0.29, 0.717) is 28.8 Å². The number of halogens is 2. The molecule has 0 saturated heterocycles. The maximum Gasteiger partial charge on any atom is 0.137 e. The zero-order valence-corrected chi connectivity index (χ0v) is 12.2. The average Bonchev–Trinajstić information content (AvgIpc) is 2.46. The van der Waals surface area contributed by atoms with Crippen LogP contribution >= 0.6 is 23.2 Å².